The number of anilines is 1. The lowest BCUT2D eigenvalue weighted by Gasteiger charge is -2.26. The lowest BCUT2D eigenvalue weighted by Crippen LogP contribution is -2.38. The monoisotopic (exact) mass is 302 g/mol. The van der Waals surface area contributed by atoms with Crippen LogP contribution in [0.2, 0.25) is 10.0 Å². The summed E-state index contributed by atoms with van der Waals surface area (Å²) in [4.78, 5) is 14.0. The molecule has 0 aliphatic carbocycles. The molecule has 1 N–H and O–H groups in total. The maximum Gasteiger partial charge on any atom is 0.225 e. The molecule has 1 saturated heterocycles. The summed E-state index contributed by atoms with van der Waals surface area (Å²) < 4.78 is 5.26. The van der Waals surface area contributed by atoms with Crippen LogP contribution in [0.1, 0.15) is 6.42 Å². The second kappa shape index (κ2) is 7.10. The lowest BCUT2D eigenvalue weighted by molar-refractivity contribution is -0.116. The Morgan fingerprint density at radius 3 is 2.68 bits per heavy atom. The molecule has 0 spiro atoms. The third-order valence-corrected chi connectivity index (χ3v) is 3.70. The van der Waals surface area contributed by atoms with Crippen LogP contribution in [0.5, 0.6) is 0 Å². The second-order valence-corrected chi connectivity index (χ2v) is 5.20. The topological polar surface area (TPSA) is 41.6 Å². The van der Waals surface area contributed by atoms with Gasteiger partial charge in [-0.15, -0.1) is 0 Å². The first kappa shape index (κ1) is 14.6. The molecule has 0 atom stereocenters. The van der Waals surface area contributed by atoms with Gasteiger partial charge in [-0.3, -0.25) is 9.69 Å². The molecule has 1 amide bonds. The molecule has 1 aliphatic heterocycles. The van der Waals surface area contributed by atoms with Gasteiger partial charge in [-0.05, 0) is 18.2 Å². The molecule has 19 heavy (non-hydrogen) atoms. The van der Waals surface area contributed by atoms with Crippen LogP contribution in [0.15, 0.2) is 18.2 Å². The Labute approximate surface area is 122 Å². The summed E-state index contributed by atoms with van der Waals surface area (Å²) in [6.07, 6.45) is 0.459. The van der Waals surface area contributed by atoms with Gasteiger partial charge in [-0.2, -0.15) is 0 Å². The third kappa shape index (κ3) is 4.66. The molecule has 6 heteroatoms. The van der Waals surface area contributed by atoms with Crippen molar-refractivity contribution < 1.29 is 9.53 Å². The third-order valence-electron chi connectivity index (χ3n) is 2.96. The Hall–Kier alpha value is -0.810. The highest BCUT2D eigenvalue weighted by molar-refractivity contribution is 6.42. The predicted octanol–water partition coefficient (Wildman–Crippen LogP) is 2.65. The molecule has 2 rings (SSSR count). The fourth-order valence-electron chi connectivity index (χ4n) is 1.88. The lowest BCUT2D eigenvalue weighted by atomic mass is 10.3. The van der Waals surface area contributed by atoms with Gasteiger partial charge in [0.25, 0.3) is 0 Å². The smallest absolute Gasteiger partial charge is 0.225 e. The van der Waals surface area contributed by atoms with E-state index in [1.807, 2.05) is 0 Å². The van der Waals surface area contributed by atoms with Gasteiger partial charge in [-0.25, -0.2) is 0 Å². The van der Waals surface area contributed by atoms with Crippen molar-refractivity contribution in [3.05, 3.63) is 28.2 Å². The Balaban J connectivity index is 1.78. The molecular weight excluding hydrogens is 287 g/mol. The molecule has 1 aliphatic rings. The fraction of sp³-hybridized carbons (Fsp3) is 0.462. The zero-order valence-corrected chi connectivity index (χ0v) is 12.0. The molecule has 0 bridgehead atoms. The van der Waals surface area contributed by atoms with Gasteiger partial charge in [0.05, 0.1) is 23.3 Å². The standard InChI is InChI=1S/C13H16Cl2N2O2/c14-11-2-1-10(9-12(11)15)16-13(18)3-4-17-5-7-19-8-6-17/h1-2,9H,3-8H2,(H,16,18). The summed E-state index contributed by atoms with van der Waals surface area (Å²) >= 11 is 11.7. The Bertz CT molecular complexity index is 448. The molecule has 1 aromatic carbocycles. The number of rotatable bonds is 4. The van der Waals surface area contributed by atoms with Crippen LogP contribution in [0, 0.1) is 0 Å². The zero-order valence-electron chi connectivity index (χ0n) is 10.5. The van der Waals surface area contributed by atoms with Crippen molar-refractivity contribution in [3.63, 3.8) is 0 Å². The van der Waals surface area contributed by atoms with Crippen molar-refractivity contribution in [2.75, 3.05) is 38.2 Å². The van der Waals surface area contributed by atoms with E-state index in [-0.39, 0.29) is 5.91 Å². The molecule has 0 aromatic heterocycles. The van der Waals surface area contributed by atoms with E-state index in [4.69, 9.17) is 27.9 Å². The van der Waals surface area contributed by atoms with Crippen LogP contribution in [-0.2, 0) is 9.53 Å². The van der Waals surface area contributed by atoms with Gasteiger partial charge in [0.1, 0.15) is 0 Å². The minimum atomic E-state index is -0.0233. The first-order valence-corrected chi connectivity index (χ1v) is 6.96. The molecule has 1 heterocycles. The van der Waals surface area contributed by atoms with Crippen LogP contribution >= 0.6 is 23.2 Å². The number of morpholine rings is 1. The molecule has 1 aromatic rings. The first-order chi connectivity index (χ1) is 9.15. The Morgan fingerprint density at radius 2 is 2.00 bits per heavy atom. The zero-order chi connectivity index (χ0) is 13.7. The van der Waals surface area contributed by atoms with Gasteiger partial charge in [0.2, 0.25) is 5.91 Å². The largest absolute Gasteiger partial charge is 0.379 e. The number of nitrogens with one attached hydrogen (secondary N) is 1. The SMILES string of the molecule is O=C(CCN1CCOCC1)Nc1ccc(Cl)c(Cl)c1. The average Bonchev–Trinajstić information content (AvgIpc) is 2.42. The maximum absolute atomic E-state index is 11.8. The van der Waals surface area contributed by atoms with Gasteiger partial charge in [0, 0.05) is 31.7 Å². The van der Waals surface area contributed by atoms with Crippen LogP contribution < -0.4 is 5.32 Å². The van der Waals surface area contributed by atoms with Gasteiger partial charge >= 0.3 is 0 Å². The van der Waals surface area contributed by atoms with E-state index in [9.17, 15) is 4.79 Å². The van der Waals surface area contributed by atoms with Gasteiger partial charge in [0.15, 0.2) is 0 Å². The molecule has 1 fully saturated rings. The molecule has 0 unspecified atom stereocenters. The molecule has 4 nitrogen and oxygen atoms in total. The predicted molar refractivity (Wildman–Crippen MR) is 77.0 cm³/mol. The normalized spacial score (nSPS) is 16.3. The fourth-order valence-corrected chi connectivity index (χ4v) is 2.18. The van der Waals surface area contributed by atoms with Crippen molar-refractivity contribution >= 4 is 34.8 Å². The minimum absolute atomic E-state index is 0.0233. The van der Waals surface area contributed by atoms with E-state index in [1.165, 1.54) is 0 Å². The summed E-state index contributed by atoms with van der Waals surface area (Å²) in [6, 6.07) is 5.05. The molecule has 104 valence electrons. The van der Waals surface area contributed by atoms with Crippen molar-refractivity contribution in [2.24, 2.45) is 0 Å². The van der Waals surface area contributed by atoms with Crippen LogP contribution in [-0.4, -0.2) is 43.7 Å². The summed E-state index contributed by atoms with van der Waals surface area (Å²) in [5.41, 5.74) is 0.668. The van der Waals surface area contributed by atoms with Crippen LogP contribution in [0.4, 0.5) is 5.69 Å². The number of carbonyl (C=O) groups is 1. The number of benzene rings is 1. The highest BCUT2D eigenvalue weighted by Gasteiger charge is 2.12. The van der Waals surface area contributed by atoms with Crippen molar-refractivity contribution in [1.29, 1.82) is 0 Å². The number of hydrogen-bond acceptors (Lipinski definition) is 3. The van der Waals surface area contributed by atoms with Crippen molar-refractivity contribution in [2.45, 2.75) is 6.42 Å². The Kier molecular flexibility index (Phi) is 5.45. The van der Waals surface area contributed by atoms with Crippen LogP contribution in [0.25, 0.3) is 0 Å². The minimum Gasteiger partial charge on any atom is -0.379 e. The second-order valence-electron chi connectivity index (χ2n) is 4.38. The molecular formula is C13H16Cl2N2O2. The van der Waals surface area contributed by atoms with E-state index >= 15 is 0 Å². The van der Waals surface area contributed by atoms with E-state index in [0.717, 1.165) is 32.8 Å². The van der Waals surface area contributed by atoms with E-state index < -0.39 is 0 Å². The summed E-state index contributed by atoms with van der Waals surface area (Å²) in [7, 11) is 0. The van der Waals surface area contributed by atoms with Gasteiger partial charge < -0.3 is 10.1 Å². The number of halogens is 2. The number of nitrogens with zero attached hydrogens (tertiary/aromatic N) is 1. The highest BCUT2D eigenvalue weighted by atomic mass is 35.5. The summed E-state index contributed by atoms with van der Waals surface area (Å²) in [5.74, 6) is -0.0233. The first-order valence-electron chi connectivity index (χ1n) is 6.20. The van der Waals surface area contributed by atoms with Gasteiger partial charge in [-0.1, -0.05) is 23.2 Å². The molecule has 0 radical (unpaired) electrons. The maximum atomic E-state index is 11.8. The van der Waals surface area contributed by atoms with E-state index in [0.29, 0.717) is 22.2 Å². The summed E-state index contributed by atoms with van der Waals surface area (Å²) in [6.45, 7) is 4.01. The Morgan fingerprint density at radius 1 is 1.26 bits per heavy atom. The highest BCUT2D eigenvalue weighted by Crippen LogP contribution is 2.25. The number of hydrogen-bond donors (Lipinski definition) is 1. The quantitative estimate of drug-likeness (QED) is 0.930. The molecule has 0 saturated carbocycles. The van der Waals surface area contributed by atoms with Crippen molar-refractivity contribution in [3.8, 4) is 0 Å². The number of ether oxygens (including phenoxy) is 1. The van der Waals surface area contributed by atoms with Crippen LogP contribution in [0.3, 0.4) is 0 Å². The van der Waals surface area contributed by atoms with E-state index in [1.54, 1.807) is 18.2 Å². The number of carbonyl (C=O) groups excluding carboxylic acids is 1. The number of amides is 1. The summed E-state index contributed by atoms with van der Waals surface area (Å²) in [5, 5.41) is 3.73. The van der Waals surface area contributed by atoms with Crippen molar-refractivity contribution in [1.82, 2.24) is 4.90 Å². The average molecular weight is 303 g/mol. The van der Waals surface area contributed by atoms with E-state index in [2.05, 4.69) is 10.2 Å².